The van der Waals surface area contributed by atoms with Gasteiger partial charge in [-0.2, -0.15) is 0 Å². The molecule has 0 N–H and O–H groups in total. The van der Waals surface area contributed by atoms with Crippen LogP contribution in [0.25, 0.3) is 105 Å². The van der Waals surface area contributed by atoms with E-state index in [0.717, 1.165) is 139 Å². The second-order valence-electron chi connectivity index (χ2n) is 27.9. The number of hydrogen-bond donors (Lipinski definition) is 0. The highest BCUT2D eigenvalue weighted by Crippen LogP contribution is 2.54. The average molecular weight is 1250 g/mol. The zero-order valence-corrected chi connectivity index (χ0v) is 55.1. The Morgan fingerprint density at radius 2 is 0.835 bits per heavy atom. The summed E-state index contributed by atoms with van der Waals surface area (Å²) in [5.74, 6) is 0. The van der Waals surface area contributed by atoms with E-state index in [2.05, 4.69) is 299 Å². The van der Waals surface area contributed by atoms with Gasteiger partial charge in [0.05, 0.1) is 23.6 Å². The number of anilines is 6. The summed E-state index contributed by atoms with van der Waals surface area (Å²) in [6.45, 7) is 10.6. The van der Waals surface area contributed by atoms with Gasteiger partial charge in [-0.3, -0.25) is 0 Å². The molecule has 1 aromatic heterocycles. The second kappa shape index (κ2) is 23.5. The molecule has 15 aromatic rings. The molecule has 0 saturated carbocycles. The minimum Gasteiger partial charge on any atom is -0.311 e. The molecule has 0 atom stereocenters. The van der Waals surface area contributed by atoms with E-state index >= 15 is 0 Å². The molecule has 0 radical (unpaired) electrons. The van der Waals surface area contributed by atoms with Crippen molar-refractivity contribution in [3.63, 3.8) is 0 Å². The van der Waals surface area contributed by atoms with Crippen LogP contribution in [-0.2, 0) is 10.8 Å². The van der Waals surface area contributed by atoms with Gasteiger partial charge >= 0.3 is 0 Å². The van der Waals surface area contributed by atoms with E-state index in [9.17, 15) is 2.74 Å². The van der Waals surface area contributed by atoms with Crippen molar-refractivity contribution < 1.29 is 11.0 Å². The summed E-state index contributed by atoms with van der Waals surface area (Å²) in [5, 5.41) is 1.91. The fourth-order valence-electron chi connectivity index (χ4n) is 15.1. The minimum atomic E-state index is -2.42. The Labute approximate surface area is 582 Å². The Bertz CT molecular complexity index is 5850. The highest BCUT2D eigenvalue weighted by Gasteiger charge is 2.45. The highest BCUT2D eigenvalue weighted by molar-refractivity contribution is 7.00. The molecule has 3 heterocycles. The average Bonchev–Trinajstić information content (AvgIpc) is 1.32. The summed E-state index contributed by atoms with van der Waals surface area (Å²) in [7, 11) is 0. The van der Waals surface area contributed by atoms with Crippen LogP contribution in [0.5, 0.6) is 0 Å². The van der Waals surface area contributed by atoms with Gasteiger partial charge in [0.1, 0.15) is 0 Å². The van der Waals surface area contributed by atoms with Gasteiger partial charge in [-0.15, -0.1) is 0 Å². The molecule has 0 bridgehead atoms. The molecule has 2 aliphatic rings. The van der Waals surface area contributed by atoms with Crippen LogP contribution in [0.4, 0.5) is 34.1 Å². The molecule has 2 aliphatic heterocycles. The first-order chi connectivity index (χ1) is 50.6. The summed E-state index contributed by atoms with van der Waals surface area (Å²) in [6.07, 6.45) is 0. The van der Waals surface area contributed by atoms with Gasteiger partial charge < -0.3 is 14.4 Å². The number of aromatic nitrogens is 1. The SMILES string of the molecule is [2H]c1c([2H])c([2H])c(-c2ccc3c(c2)B2c4cc(-c5cccc(C(C)(C)C)c5)ccc4N(c4c(-c5ccccc5)cc(C(C)(C)C)cc4-c4ccccc4)c4cc(-c5cccc6c5c5ccccc5n6-c5ccccc5C([2H])([2H])[2H])cc(c42)N3c2cc(-c3ccccc3)cc(-c3ccccc3)c2)c([2H])c1[2H]. The van der Waals surface area contributed by atoms with Crippen LogP contribution in [0, 0.1) is 6.85 Å². The molecule has 0 spiro atoms. The number of aryl methyl sites for hydroxylation is 1. The maximum atomic E-state index is 9.60. The van der Waals surface area contributed by atoms with Crippen molar-refractivity contribution in [2.24, 2.45) is 0 Å². The number of rotatable bonds is 10. The van der Waals surface area contributed by atoms with Crippen LogP contribution in [0.1, 0.15) is 69.2 Å². The van der Waals surface area contributed by atoms with Crippen molar-refractivity contribution in [1.29, 1.82) is 0 Å². The minimum absolute atomic E-state index is 0.118. The van der Waals surface area contributed by atoms with Gasteiger partial charge in [0.15, 0.2) is 0 Å². The van der Waals surface area contributed by atoms with Crippen LogP contribution in [-0.4, -0.2) is 11.3 Å². The third kappa shape index (κ3) is 10.3. The van der Waals surface area contributed by atoms with E-state index in [1.165, 1.54) is 11.1 Å². The van der Waals surface area contributed by atoms with E-state index in [1.807, 2.05) is 36.4 Å². The fraction of sp³-hybridized carbons (Fsp3) is 0.0968. The molecule has 0 aliphatic carbocycles. The quantitative estimate of drug-likeness (QED) is 0.126. The van der Waals surface area contributed by atoms with Crippen LogP contribution in [0.15, 0.2) is 321 Å². The second-order valence-corrected chi connectivity index (χ2v) is 27.9. The van der Waals surface area contributed by atoms with Crippen molar-refractivity contribution in [1.82, 2.24) is 4.57 Å². The predicted octanol–water partition coefficient (Wildman–Crippen LogP) is 23.4. The maximum absolute atomic E-state index is 9.60. The lowest BCUT2D eigenvalue weighted by atomic mass is 9.33. The lowest BCUT2D eigenvalue weighted by Crippen LogP contribution is -2.61. The summed E-state index contributed by atoms with van der Waals surface area (Å²) in [6, 6.07) is 101. The summed E-state index contributed by atoms with van der Waals surface area (Å²) < 4.78 is 75.0. The molecule has 17 rings (SSSR count). The van der Waals surface area contributed by atoms with Gasteiger partial charge in [-0.25, -0.2) is 0 Å². The lowest BCUT2D eigenvalue weighted by molar-refractivity contribution is 0.590. The van der Waals surface area contributed by atoms with E-state index in [1.54, 1.807) is 12.1 Å². The molecule has 4 heteroatoms. The zero-order chi connectivity index (χ0) is 72.5. The van der Waals surface area contributed by atoms with Crippen molar-refractivity contribution in [2.45, 2.75) is 59.2 Å². The third-order valence-corrected chi connectivity index (χ3v) is 19.8. The van der Waals surface area contributed by atoms with E-state index < -0.39 is 31.7 Å². The third-order valence-electron chi connectivity index (χ3n) is 19.8. The molecule has 0 saturated heterocycles. The molecular formula is C93H74BN3. The number of hydrogen-bond acceptors (Lipinski definition) is 2. The Morgan fingerprint density at radius 1 is 0.330 bits per heavy atom. The van der Waals surface area contributed by atoms with E-state index in [4.69, 9.17) is 8.22 Å². The number of fused-ring (bicyclic) bond motifs is 7. The van der Waals surface area contributed by atoms with E-state index in [-0.39, 0.29) is 34.0 Å². The van der Waals surface area contributed by atoms with Gasteiger partial charge in [0, 0.05) is 60.1 Å². The van der Waals surface area contributed by atoms with Gasteiger partial charge in [-0.05, 0) is 190 Å². The predicted molar refractivity (Wildman–Crippen MR) is 415 cm³/mol. The zero-order valence-electron chi connectivity index (χ0n) is 63.1. The Hall–Kier alpha value is -11.5. The molecule has 0 unspecified atom stereocenters. The number of nitrogens with zero attached hydrogens (tertiary/aromatic N) is 3. The van der Waals surface area contributed by atoms with Crippen LogP contribution >= 0.6 is 0 Å². The molecular weight excluding hydrogens is 1170 g/mol. The Morgan fingerprint density at radius 3 is 1.44 bits per heavy atom. The van der Waals surface area contributed by atoms with Crippen LogP contribution in [0.3, 0.4) is 0 Å². The monoisotopic (exact) mass is 1250 g/mol. The normalized spacial score (nSPS) is 13.9. The van der Waals surface area contributed by atoms with Crippen molar-refractivity contribution >= 4 is 79.0 Å². The summed E-state index contributed by atoms with van der Waals surface area (Å²) in [4.78, 5) is 4.95. The summed E-state index contributed by atoms with van der Waals surface area (Å²) >= 11 is 0. The number of para-hydroxylation sites is 2. The highest BCUT2D eigenvalue weighted by atomic mass is 15.2. The topological polar surface area (TPSA) is 11.4 Å². The van der Waals surface area contributed by atoms with Gasteiger partial charge in [0.2, 0.25) is 0 Å². The molecule has 0 amide bonds. The van der Waals surface area contributed by atoms with Crippen LogP contribution < -0.4 is 26.2 Å². The fourth-order valence-corrected chi connectivity index (χ4v) is 15.1. The van der Waals surface area contributed by atoms with Crippen molar-refractivity contribution in [3.8, 4) is 83.6 Å². The van der Waals surface area contributed by atoms with Crippen molar-refractivity contribution in [2.75, 3.05) is 9.80 Å². The Balaban J connectivity index is 1.08. The van der Waals surface area contributed by atoms with Gasteiger partial charge in [0.25, 0.3) is 6.71 Å². The molecule has 3 nitrogen and oxygen atoms in total. The molecule has 0 fully saturated rings. The molecule has 97 heavy (non-hydrogen) atoms. The molecule has 14 aromatic carbocycles. The van der Waals surface area contributed by atoms with Crippen molar-refractivity contribution in [3.05, 3.63) is 338 Å². The first-order valence-corrected chi connectivity index (χ1v) is 33.5. The standard InChI is InChI=1S/C93H74BN3/c1-61-29-23-25-44-82(61)96-83-45-26-24-42-77(83)89-76(43-28-46-86(89)96)72-57-87-90-88(58-72)97(91-78(65-36-19-11-20-37-65)59-74(93(5,6)7)60-79(91)66-38-21-12-22-39-66)85-50-48-69(67-40-27-41-73(52-67)92(2,3)4)56-81(85)94(90)80-55-68(62-30-13-8-14-31-62)47-49-84(80)95(87)75-53-70(63-32-15-9-16-33-63)51-71(54-75)64-34-17-10-18-35-64/h8-60H,1-7H3/i1D3,8D,13D,14D,30D,31D. The van der Waals surface area contributed by atoms with Gasteiger partial charge in [-0.1, -0.05) is 290 Å². The lowest BCUT2D eigenvalue weighted by Gasteiger charge is -2.45. The maximum Gasteiger partial charge on any atom is 0.252 e. The summed E-state index contributed by atoms with van der Waals surface area (Å²) in [5.41, 5.74) is 25.5. The largest absolute Gasteiger partial charge is 0.311 e. The first kappa shape index (κ1) is 51.0. The Kier molecular flexibility index (Phi) is 12.3. The first-order valence-electron chi connectivity index (χ1n) is 37.5. The van der Waals surface area contributed by atoms with E-state index in [0.29, 0.717) is 11.3 Å². The van der Waals surface area contributed by atoms with Crippen LogP contribution in [0.2, 0.25) is 0 Å². The smallest absolute Gasteiger partial charge is 0.252 e. The molecule has 464 valence electrons. The number of benzene rings is 14.